The molecule has 23 heavy (non-hydrogen) atoms. The van der Waals surface area contributed by atoms with Gasteiger partial charge in [0.2, 0.25) is 0 Å². The van der Waals surface area contributed by atoms with Gasteiger partial charge in [0.1, 0.15) is 5.01 Å². The molecule has 0 aliphatic carbocycles. The quantitative estimate of drug-likeness (QED) is 0.653. The number of nitrogens with zero attached hydrogens (tertiary/aromatic N) is 1. The van der Waals surface area contributed by atoms with Crippen LogP contribution in [0.4, 0.5) is 8.78 Å². The number of hydrogen-bond donors (Lipinski definition) is 0. The number of alkyl halides is 2. The molecule has 1 heterocycles. The molecule has 0 radical (unpaired) electrons. The number of ether oxygens (including phenoxy) is 2. The third-order valence-electron chi connectivity index (χ3n) is 3.13. The number of benzene rings is 2. The first-order chi connectivity index (χ1) is 11.2. The molecule has 118 valence electrons. The highest BCUT2D eigenvalue weighted by Crippen LogP contribution is 2.30. The number of para-hydroxylation sites is 1. The molecule has 3 rings (SSSR count). The zero-order valence-electron chi connectivity index (χ0n) is 12.2. The van der Waals surface area contributed by atoms with Gasteiger partial charge in [0.05, 0.1) is 17.3 Å². The van der Waals surface area contributed by atoms with Crippen LogP contribution in [-0.2, 0) is 0 Å². The lowest BCUT2D eigenvalue weighted by molar-refractivity contribution is -0.0512. The van der Waals surface area contributed by atoms with E-state index in [1.807, 2.05) is 36.4 Å². The highest BCUT2D eigenvalue weighted by Gasteiger charge is 2.10. The van der Waals surface area contributed by atoms with Crippen LogP contribution in [0.25, 0.3) is 22.4 Å². The molecule has 0 saturated carbocycles. The Kier molecular flexibility index (Phi) is 4.52. The van der Waals surface area contributed by atoms with Gasteiger partial charge in [0.25, 0.3) is 0 Å². The fourth-order valence-electron chi connectivity index (χ4n) is 2.11. The van der Waals surface area contributed by atoms with Crippen molar-refractivity contribution in [3.63, 3.8) is 0 Å². The first kappa shape index (κ1) is 15.4. The van der Waals surface area contributed by atoms with Gasteiger partial charge in [-0.3, -0.25) is 0 Å². The summed E-state index contributed by atoms with van der Waals surface area (Å²) in [6.07, 6.45) is 3.74. The molecule has 0 N–H and O–H groups in total. The number of halogens is 2. The zero-order valence-corrected chi connectivity index (χ0v) is 13.0. The van der Waals surface area contributed by atoms with Gasteiger partial charge in [0, 0.05) is 0 Å². The number of methoxy groups -OCH3 is 1. The highest BCUT2D eigenvalue weighted by atomic mass is 32.1. The lowest BCUT2D eigenvalue weighted by atomic mass is 10.2. The standard InChI is InChI=1S/C17H13F2NO2S/c1-21-14-10-11(6-8-13(14)22-17(18)19)7-9-16-20-12-4-2-3-5-15(12)23-16/h2-10,17H,1H3/b9-7+. The normalized spacial score (nSPS) is 11.5. The van der Waals surface area contributed by atoms with Crippen molar-refractivity contribution in [1.29, 1.82) is 0 Å². The summed E-state index contributed by atoms with van der Waals surface area (Å²) in [6.45, 7) is -2.88. The molecule has 0 bridgehead atoms. The predicted molar refractivity (Wildman–Crippen MR) is 88.2 cm³/mol. The lowest BCUT2D eigenvalue weighted by Crippen LogP contribution is -2.03. The molecule has 0 aliphatic heterocycles. The lowest BCUT2D eigenvalue weighted by Gasteiger charge is -2.10. The number of hydrogen-bond acceptors (Lipinski definition) is 4. The monoisotopic (exact) mass is 333 g/mol. The Morgan fingerprint density at radius 2 is 1.91 bits per heavy atom. The maximum absolute atomic E-state index is 12.3. The minimum Gasteiger partial charge on any atom is -0.493 e. The number of thiazole rings is 1. The number of fused-ring (bicyclic) bond motifs is 1. The van der Waals surface area contributed by atoms with Crippen molar-refractivity contribution in [3.05, 3.63) is 53.0 Å². The Morgan fingerprint density at radius 1 is 1.09 bits per heavy atom. The van der Waals surface area contributed by atoms with E-state index in [0.717, 1.165) is 20.8 Å². The van der Waals surface area contributed by atoms with Gasteiger partial charge in [-0.15, -0.1) is 11.3 Å². The van der Waals surface area contributed by atoms with Crippen molar-refractivity contribution in [2.75, 3.05) is 7.11 Å². The van der Waals surface area contributed by atoms with Gasteiger partial charge < -0.3 is 9.47 Å². The molecule has 0 saturated heterocycles. The minimum atomic E-state index is -2.88. The second kappa shape index (κ2) is 6.75. The third-order valence-corrected chi connectivity index (χ3v) is 4.13. The van der Waals surface area contributed by atoms with Crippen LogP contribution in [0, 0.1) is 0 Å². The fraction of sp³-hybridized carbons (Fsp3) is 0.118. The van der Waals surface area contributed by atoms with E-state index >= 15 is 0 Å². The van der Waals surface area contributed by atoms with E-state index in [1.165, 1.54) is 13.2 Å². The molecule has 3 aromatic rings. The molecular weight excluding hydrogens is 320 g/mol. The SMILES string of the molecule is COc1cc(/C=C/c2nc3ccccc3s2)ccc1OC(F)F. The van der Waals surface area contributed by atoms with Crippen molar-refractivity contribution in [2.45, 2.75) is 6.61 Å². The zero-order chi connectivity index (χ0) is 16.2. The van der Waals surface area contributed by atoms with Gasteiger partial charge >= 0.3 is 6.61 Å². The van der Waals surface area contributed by atoms with Crippen LogP contribution < -0.4 is 9.47 Å². The fourth-order valence-corrected chi connectivity index (χ4v) is 2.98. The first-order valence-electron chi connectivity index (χ1n) is 6.82. The molecule has 6 heteroatoms. The molecule has 0 spiro atoms. The molecule has 2 aromatic carbocycles. The molecule has 0 aliphatic rings. The Bertz CT molecular complexity index is 812. The van der Waals surface area contributed by atoms with E-state index in [2.05, 4.69) is 9.72 Å². The van der Waals surface area contributed by atoms with Crippen molar-refractivity contribution in [2.24, 2.45) is 0 Å². The van der Waals surface area contributed by atoms with Gasteiger partial charge in [-0.2, -0.15) is 8.78 Å². The van der Waals surface area contributed by atoms with E-state index in [9.17, 15) is 8.78 Å². The molecule has 0 atom stereocenters. The topological polar surface area (TPSA) is 31.4 Å². The van der Waals surface area contributed by atoms with Crippen LogP contribution in [0.2, 0.25) is 0 Å². The van der Waals surface area contributed by atoms with Gasteiger partial charge in [-0.25, -0.2) is 4.98 Å². The molecule has 0 amide bonds. The van der Waals surface area contributed by atoms with Gasteiger partial charge in [-0.05, 0) is 35.9 Å². The van der Waals surface area contributed by atoms with Gasteiger partial charge in [0.15, 0.2) is 11.5 Å². The van der Waals surface area contributed by atoms with Crippen LogP contribution in [0.15, 0.2) is 42.5 Å². The Labute approximate surface area is 135 Å². The third kappa shape index (κ3) is 3.65. The molecule has 3 nitrogen and oxygen atoms in total. The Morgan fingerprint density at radius 3 is 2.65 bits per heavy atom. The van der Waals surface area contributed by atoms with E-state index in [0.29, 0.717) is 0 Å². The minimum absolute atomic E-state index is 0.0136. The number of aromatic nitrogens is 1. The molecule has 0 unspecified atom stereocenters. The second-order valence-electron chi connectivity index (χ2n) is 4.64. The van der Waals surface area contributed by atoms with Crippen LogP contribution >= 0.6 is 11.3 Å². The van der Waals surface area contributed by atoms with E-state index in [1.54, 1.807) is 23.5 Å². The van der Waals surface area contributed by atoms with Crippen molar-refractivity contribution in [3.8, 4) is 11.5 Å². The van der Waals surface area contributed by atoms with Crippen molar-refractivity contribution < 1.29 is 18.3 Å². The van der Waals surface area contributed by atoms with Crippen LogP contribution in [0.3, 0.4) is 0 Å². The van der Waals surface area contributed by atoms with E-state index in [-0.39, 0.29) is 11.5 Å². The van der Waals surface area contributed by atoms with Gasteiger partial charge in [-0.1, -0.05) is 24.3 Å². The largest absolute Gasteiger partial charge is 0.493 e. The Hall–Kier alpha value is -2.47. The Balaban J connectivity index is 1.84. The molecule has 1 aromatic heterocycles. The maximum atomic E-state index is 12.3. The average molecular weight is 333 g/mol. The van der Waals surface area contributed by atoms with Crippen LogP contribution in [0.5, 0.6) is 11.5 Å². The van der Waals surface area contributed by atoms with Crippen molar-refractivity contribution in [1.82, 2.24) is 4.98 Å². The average Bonchev–Trinajstić information content (AvgIpc) is 2.96. The summed E-state index contributed by atoms with van der Waals surface area (Å²) in [5.41, 5.74) is 1.76. The second-order valence-corrected chi connectivity index (χ2v) is 5.70. The summed E-state index contributed by atoms with van der Waals surface area (Å²) < 4.78 is 35.2. The summed E-state index contributed by atoms with van der Waals surface area (Å²) in [5, 5.41) is 0.873. The summed E-state index contributed by atoms with van der Waals surface area (Å²) >= 11 is 1.59. The summed E-state index contributed by atoms with van der Waals surface area (Å²) in [6, 6.07) is 12.7. The number of rotatable bonds is 5. The summed E-state index contributed by atoms with van der Waals surface area (Å²) in [4.78, 5) is 4.50. The highest BCUT2D eigenvalue weighted by molar-refractivity contribution is 7.19. The van der Waals surface area contributed by atoms with Crippen LogP contribution in [-0.4, -0.2) is 18.7 Å². The van der Waals surface area contributed by atoms with E-state index in [4.69, 9.17) is 4.74 Å². The van der Waals surface area contributed by atoms with Crippen molar-refractivity contribution >= 4 is 33.7 Å². The van der Waals surface area contributed by atoms with E-state index < -0.39 is 6.61 Å². The molecule has 0 fully saturated rings. The summed E-state index contributed by atoms with van der Waals surface area (Å²) in [7, 11) is 1.41. The maximum Gasteiger partial charge on any atom is 0.387 e. The first-order valence-corrected chi connectivity index (χ1v) is 7.64. The molecular formula is C17H13F2NO2S. The smallest absolute Gasteiger partial charge is 0.387 e. The van der Waals surface area contributed by atoms with Crippen LogP contribution in [0.1, 0.15) is 10.6 Å². The predicted octanol–water partition coefficient (Wildman–Crippen LogP) is 5.08. The summed E-state index contributed by atoms with van der Waals surface area (Å²) in [5.74, 6) is 0.274.